The summed E-state index contributed by atoms with van der Waals surface area (Å²) < 4.78 is 6.03. The molecular formula is C14H20N2O. The molecule has 0 aliphatic carbocycles. The van der Waals surface area contributed by atoms with E-state index >= 15 is 0 Å². The first-order valence-electron chi connectivity index (χ1n) is 6.42. The Kier molecular flexibility index (Phi) is 2.81. The smallest absolute Gasteiger partial charge is 0.124 e. The van der Waals surface area contributed by atoms with Gasteiger partial charge in [-0.3, -0.25) is 0 Å². The zero-order valence-corrected chi connectivity index (χ0v) is 10.4. The summed E-state index contributed by atoms with van der Waals surface area (Å²) in [5.41, 5.74) is 3.12. The van der Waals surface area contributed by atoms with Gasteiger partial charge >= 0.3 is 0 Å². The first-order valence-corrected chi connectivity index (χ1v) is 6.42. The van der Waals surface area contributed by atoms with Crippen LogP contribution in [0, 0.1) is 5.41 Å². The average Bonchev–Trinajstić information content (AvgIpc) is 2.34. The second kappa shape index (κ2) is 4.31. The van der Waals surface area contributed by atoms with Crippen molar-refractivity contribution in [3.63, 3.8) is 0 Å². The number of fused-ring (bicyclic) bond motifs is 1. The van der Waals surface area contributed by atoms with Gasteiger partial charge in [0.05, 0.1) is 6.61 Å². The minimum Gasteiger partial charge on any atom is -0.493 e. The molecule has 0 bridgehead atoms. The molecule has 2 aliphatic rings. The van der Waals surface area contributed by atoms with Crippen LogP contribution < -0.4 is 15.4 Å². The zero-order valence-electron chi connectivity index (χ0n) is 10.4. The van der Waals surface area contributed by atoms with Crippen LogP contribution >= 0.6 is 0 Å². The molecule has 1 aromatic carbocycles. The van der Waals surface area contributed by atoms with Crippen molar-refractivity contribution in [1.29, 1.82) is 0 Å². The lowest BCUT2D eigenvalue weighted by Gasteiger charge is -2.39. The topological polar surface area (TPSA) is 33.3 Å². The van der Waals surface area contributed by atoms with Crippen molar-refractivity contribution in [2.45, 2.75) is 19.9 Å². The first-order chi connectivity index (χ1) is 8.27. The van der Waals surface area contributed by atoms with Crippen molar-refractivity contribution in [1.82, 2.24) is 10.6 Å². The number of rotatable bonds is 3. The number of ether oxygens (including phenoxy) is 1. The molecule has 0 amide bonds. The molecular weight excluding hydrogens is 212 g/mol. The van der Waals surface area contributed by atoms with E-state index in [9.17, 15) is 0 Å². The fourth-order valence-electron chi connectivity index (χ4n) is 2.52. The van der Waals surface area contributed by atoms with Crippen LogP contribution in [0.3, 0.4) is 0 Å². The molecule has 3 nitrogen and oxygen atoms in total. The van der Waals surface area contributed by atoms with Crippen LogP contribution in [0.2, 0.25) is 0 Å². The number of nitrogens with one attached hydrogen (secondary N) is 2. The summed E-state index contributed by atoms with van der Waals surface area (Å²) in [5, 5.41) is 6.72. The van der Waals surface area contributed by atoms with Gasteiger partial charge in [0, 0.05) is 30.6 Å². The Morgan fingerprint density at radius 1 is 1.29 bits per heavy atom. The molecule has 1 aromatic rings. The van der Waals surface area contributed by atoms with E-state index in [0.717, 1.165) is 45.0 Å². The van der Waals surface area contributed by atoms with E-state index in [2.05, 4.69) is 35.8 Å². The molecule has 2 heterocycles. The maximum absolute atomic E-state index is 6.03. The Labute approximate surface area is 103 Å². The predicted octanol–water partition coefficient (Wildman–Crippen LogP) is 1.32. The van der Waals surface area contributed by atoms with E-state index in [0.29, 0.717) is 5.41 Å². The van der Waals surface area contributed by atoms with E-state index in [-0.39, 0.29) is 0 Å². The Morgan fingerprint density at radius 3 is 2.94 bits per heavy atom. The Balaban J connectivity index is 1.74. The van der Waals surface area contributed by atoms with Crippen molar-refractivity contribution in [2.24, 2.45) is 5.41 Å². The minimum absolute atomic E-state index is 0.324. The van der Waals surface area contributed by atoms with E-state index < -0.39 is 0 Å². The van der Waals surface area contributed by atoms with Crippen molar-refractivity contribution >= 4 is 0 Å². The van der Waals surface area contributed by atoms with Crippen molar-refractivity contribution in [3.8, 4) is 5.75 Å². The zero-order chi connectivity index (χ0) is 11.7. The molecule has 0 unspecified atom stereocenters. The van der Waals surface area contributed by atoms with E-state index in [1.54, 1.807) is 0 Å². The van der Waals surface area contributed by atoms with Crippen molar-refractivity contribution in [3.05, 3.63) is 29.3 Å². The van der Waals surface area contributed by atoms with Crippen LogP contribution in [0.25, 0.3) is 0 Å². The predicted molar refractivity (Wildman–Crippen MR) is 68.3 cm³/mol. The number of hydrogen-bond acceptors (Lipinski definition) is 3. The second-order valence-electron chi connectivity index (χ2n) is 5.52. The van der Waals surface area contributed by atoms with Gasteiger partial charge < -0.3 is 15.4 Å². The highest BCUT2D eigenvalue weighted by molar-refractivity contribution is 5.41. The van der Waals surface area contributed by atoms with Gasteiger partial charge in [0.1, 0.15) is 5.75 Å². The summed E-state index contributed by atoms with van der Waals surface area (Å²) in [6, 6.07) is 6.43. The molecule has 0 radical (unpaired) electrons. The third-order valence-corrected chi connectivity index (χ3v) is 3.78. The van der Waals surface area contributed by atoms with Crippen molar-refractivity contribution in [2.75, 3.05) is 26.2 Å². The standard InChI is InChI=1S/C14H20N2O/c1-14(8-16-9-14)10-17-13-4-2-3-11-5-6-15-7-12(11)13/h2-4,15-16H,5-10H2,1H3. The minimum atomic E-state index is 0.324. The third kappa shape index (κ3) is 2.17. The van der Waals surface area contributed by atoms with Crippen LogP contribution in [0.4, 0.5) is 0 Å². The van der Waals surface area contributed by atoms with Gasteiger partial charge in [-0.05, 0) is 24.6 Å². The third-order valence-electron chi connectivity index (χ3n) is 3.78. The molecule has 0 spiro atoms. The van der Waals surface area contributed by atoms with E-state index in [1.807, 2.05) is 0 Å². The Bertz CT molecular complexity index is 413. The molecule has 2 N–H and O–H groups in total. The summed E-state index contributed by atoms with van der Waals surface area (Å²) in [6.07, 6.45) is 1.12. The molecule has 0 atom stereocenters. The monoisotopic (exact) mass is 232 g/mol. The van der Waals surface area contributed by atoms with Gasteiger partial charge in [-0.2, -0.15) is 0 Å². The van der Waals surface area contributed by atoms with Gasteiger partial charge in [-0.25, -0.2) is 0 Å². The lowest BCUT2D eigenvalue weighted by molar-refractivity contribution is 0.101. The highest BCUT2D eigenvalue weighted by Crippen LogP contribution is 2.28. The average molecular weight is 232 g/mol. The summed E-state index contributed by atoms with van der Waals surface area (Å²) in [7, 11) is 0. The highest BCUT2D eigenvalue weighted by atomic mass is 16.5. The fraction of sp³-hybridized carbons (Fsp3) is 0.571. The SMILES string of the molecule is CC1(COc2cccc3c2CNCC3)CNC1. The van der Waals surface area contributed by atoms with Gasteiger partial charge in [0.2, 0.25) is 0 Å². The molecule has 92 valence electrons. The van der Waals surface area contributed by atoms with Crippen LogP contribution in [0.1, 0.15) is 18.1 Å². The van der Waals surface area contributed by atoms with Crippen LogP contribution in [0.15, 0.2) is 18.2 Å². The molecule has 0 aromatic heterocycles. The quantitative estimate of drug-likeness (QED) is 0.824. The van der Waals surface area contributed by atoms with Crippen LogP contribution in [-0.4, -0.2) is 26.2 Å². The van der Waals surface area contributed by atoms with Gasteiger partial charge in [0.15, 0.2) is 0 Å². The van der Waals surface area contributed by atoms with Gasteiger partial charge in [0.25, 0.3) is 0 Å². The lowest BCUT2D eigenvalue weighted by atomic mass is 9.85. The normalized spacial score (nSPS) is 21.5. The molecule has 1 saturated heterocycles. The number of benzene rings is 1. The van der Waals surface area contributed by atoms with Crippen molar-refractivity contribution < 1.29 is 4.74 Å². The van der Waals surface area contributed by atoms with E-state index in [1.165, 1.54) is 11.1 Å². The lowest BCUT2D eigenvalue weighted by Crippen LogP contribution is -2.54. The maximum Gasteiger partial charge on any atom is 0.124 e. The molecule has 17 heavy (non-hydrogen) atoms. The second-order valence-corrected chi connectivity index (χ2v) is 5.52. The fourth-order valence-corrected chi connectivity index (χ4v) is 2.52. The van der Waals surface area contributed by atoms with Gasteiger partial charge in [-0.1, -0.05) is 19.1 Å². The Hall–Kier alpha value is -1.06. The summed E-state index contributed by atoms with van der Waals surface area (Å²) in [4.78, 5) is 0. The summed E-state index contributed by atoms with van der Waals surface area (Å²) >= 11 is 0. The summed E-state index contributed by atoms with van der Waals surface area (Å²) in [5.74, 6) is 1.07. The Morgan fingerprint density at radius 2 is 2.18 bits per heavy atom. The first kappa shape index (κ1) is 11.1. The summed E-state index contributed by atoms with van der Waals surface area (Å²) in [6.45, 7) is 7.26. The largest absolute Gasteiger partial charge is 0.493 e. The van der Waals surface area contributed by atoms with Crippen LogP contribution in [-0.2, 0) is 13.0 Å². The molecule has 3 rings (SSSR count). The maximum atomic E-state index is 6.03. The van der Waals surface area contributed by atoms with Crippen LogP contribution in [0.5, 0.6) is 5.75 Å². The molecule has 1 fully saturated rings. The van der Waals surface area contributed by atoms with E-state index in [4.69, 9.17) is 4.74 Å². The highest BCUT2D eigenvalue weighted by Gasteiger charge is 2.32. The molecule has 2 aliphatic heterocycles. The molecule has 0 saturated carbocycles. The molecule has 3 heteroatoms. The van der Waals surface area contributed by atoms with Gasteiger partial charge in [-0.15, -0.1) is 0 Å². The number of hydrogen-bond donors (Lipinski definition) is 2.